The Morgan fingerprint density at radius 3 is 2.29 bits per heavy atom. The molecule has 1 aromatic rings. The Bertz CT molecular complexity index is 517. The number of alkyl halides is 3. The number of carboxylic acid groups (broad SMARTS) is 1. The first-order chi connectivity index (χ1) is 11.3. The summed E-state index contributed by atoms with van der Waals surface area (Å²) in [4.78, 5) is 20.4. The van der Waals surface area contributed by atoms with Gasteiger partial charge in [0.25, 0.3) is 0 Å². The smallest absolute Gasteiger partial charge is 0.465 e. The minimum Gasteiger partial charge on any atom is -0.465 e. The summed E-state index contributed by atoms with van der Waals surface area (Å²) in [5.74, 6) is -2.03. The van der Waals surface area contributed by atoms with Crippen LogP contribution in [0.25, 0.3) is 0 Å². The van der Waals surface area contributed by atoms with Crippen molar-refractivity contribution in [2.75, 3.05) is 25.0 Å². The Morgan fingerprint density at radius 1 is 1.21 bits per heavy atom. The molecule has 0 spiro atoms. The van der Waals surface area contributed by atoms with Crippen LogP contribution in [0, 0.1) is 5.92 Å². The fourth-order valence-electron chi connectivity index (χ4n) is 1.97. The molecule has 1 aromatic carbocycles. The normalized spacial score (nSPS) is 15.0. The first-order valence-electron chi connectivity index (χ1n) is 7.28. The monoisotopic (exact) mass is 348 g/mol. The number of hydrogen-bond donors (Lipinski definition) is 3. The summed E-state index contributed by atoms with van der Waals surface area (Å²) >= 11 is 0. The van der Waals surface area contributed by atoms with E-state index in [1.807, 2.05) is 6.07 Å². The number of nitrogens with one attached hydrogen (secondary N) is 2. The number of carbonyl (C=O) groups is 2. The van der Waals surface area contributed by atoms with E-state index in [4.69, 9.17) is 5.11 Å². The molecular formula is C15H19F3N2O4. The van der Waals surface area contributed by atoms with E-state index in [1.54, 1.807) is 24.3 Å². The van der Waals surface area contributed by atoms with Crippen molar-refractivity contribution in [3.05, 3.63) is 30.3 Å². The molecule has 1 saturated heterocycles. The molecule has 1 aliphatic heterocycles. The molecule has 2 rings (SSSR count). The molecule has 0 aliphatic carbocycles. The van der Waals surface area contributed by atoms with Crippen LogP contribution in [0.3, 0.4) is 0 Å². The Hall–Kier alpha value is -2.29. The molecule has 0 bridgehead atoms. The maximum Gasteiger partial charge on any atom is 0.490 e. The number of hydrogen-bond acceptors (Lipinski definition) is 4. The van der Waals surface area contributed by atoms with Crippen LogP contribution < -0.4 is 10.6 Å². The van der Waals surface area contributed by atoms with Crippen molar-refractivity contribution in [2.24, 2.45) is 5.92 Å². The van der Waals surface area contributed by atoms with Gasteiger partial charge in [0, 0.05) is 5.69 Å². The van der Waals surface area contributed by atoms with Crippen molar-refractivity contribution in [1.82, 2.24) is 5.32 Å². The number of carbonyl (C=O) groups excluding carboxylic acids is 1. The van der Waals surface area contributed by atoms with Gasteiger partial charge in [0.2, 0.25) is 0 Å². The summed E-state index contributed by atoms with van der Waals surface area (Å²) in [6, 6.07) is 8.74. The van der Waals surface area contributed by atoms with E-state index in [0.717, 1.165) is 25.9 Å². The molecule has 134 valence electrons. The molecule has 24 heavy (non-hydrogen) atoms. The van der Waals surface area contributed by atoms with Crippen LogP contribution in [0.1, 0.15) is 12.8 Å². The van der Waals surface area contributed by atoms with Gasteiger partial charge in [-0.3, -0.25) is 5.32 Å². The second kappa shape index (κ2) is 9.76. The van der Waals surface area contributed by atoms with Crippen LogP contribution in [0.2, 0.25) is 0 Å². The Kier molecular flexibility index (Phi) is 8.03. The molecule has 0 unspecified atom stereocenters. The first-order valence-corrected chi connectivity index (χ1v) is 7.28. The van der Waals surface area contributed by atoms with E-state index >= 15 is 0 Å². The lowest BCUT2D eigenvalue weighted by Gasteiger charge is -2.22. The lowest BCUT2D eigenvalue weighted by Crippen LogP contribution is -2.33. The molecule has 1 amide bonds. The highest BCUT2D eigenvalue weighted by Gasteiger charge is 2.41. The van der Waals surface area contributed by atoms with Crippen molar-refractivity contribution >= 4 is 17.7 Å². The zero-order valence-electron chi connectivity index (χ0n) is 12.8. The van der Waals surface area contributed by atoms with Gasteiger partial charge in [-0.25, -0.2) is 9.59 Å². The maximum atomic E-state index is 11.7. The highest BCUT2D eigenvalue weighted by atomic mass is 19.4. The van der Waals surface area contributed by atoms with Crippen LogP contribution in [0.4, 0.5) is 23.7 Å². The van der Waals surface area contributed by atoms with E-state index in [1.165, 1.54) is 0 Å². The van der Waals surface area contributed by atoms with Gasteiger partial charge in [-0.15, -0.1) is 0 Å². The molecular weight excluding hydrogens is 329 g/mol. The predicted octanol–water partition coefficient (Wildman–Crippen LogP) is 2.87. The zero-order chi connectivity index (χ0) is 18.0. The zero-order valence-corrected chi connectivity index (χ0v) is 12.8. The van der Waals surface area contributed by atoms with Gasteiger partial charge < -0.3 is 15.2 Å². The third-order valence-corrected chi connectivity index (χ3v) is 3.17. The van der Waals surface area contributed by atoms with E-state index in [-0.39, 0.29) is 12.5 Å². The fraction of sp³-hybridized carbons (Fsp3) is 0.467. The molecule has 6 nitrogen and oxygen atoms in total. The SMILES string of the molecule is O=C(O)Nc1ccccc1.O=C(OCC1CCNCC1)C(F)(F)F. The van der Waals surface area contributed by atoms with Gasteiger partial charge in [0.1, 0.15) is 0 Å². The van der Waals surface area contributed by atoms with E-state index in [2.05, 4.69) is 15.4 Å². The maximum absolute atomic E-state index is 11.7. The molecule has 1 fully saturated rings. The number of piperidine rings is 1. The number of ether oxygens (including phenoxy) is 1. The molecule has 0 aromatic heterocycles. The Labute approximate surface area is 137 Å². The van der Waals surface area contributed by atoms with Crippen LogP contribution >= 0.6 is 0 Å². The molecule has 0 radical (unpaired) electrons. The van der Waals surface area contributed by atoms with E-state index in [9.17, 15) is 22.8 Å². The number of para-hydroxylation sites is 1. The first kappa shape index (κ1) is 19.8. The quantitative estimate of drug-likeness (QED) is 0.731. The Morgan fingerprint density at radius 2 is 1.79 bits per heavy atom. The molecule has 9 heteroatoms. The average molecular weight is 348 g/mol. The summed E-state index contributed by atoms with van der Waals surface area (Å²) in [6.07, 6.45) is -4.39. The van der Waals surface area contributed by atoms with Crippen LogP contribution in [-0.4, -0.2) is 43.0 Å². The molecule has 1 heterocycles. The highest BCUT2D eigenvalue weighted by Crippen LogP contribution is 2.18. The summed E-state index contributed by atoms with van der Waals surface area (Å²) in [6.45, 7) is 1.42. The lowest BCUT2D eigenvalue weighted by atomic mass is 9.99. The molecule has 3 N–H and O–H groups in total. The minimum atomic E-state index is -4.87. The van der Waals surface area contributed by atoms with Gasteiger partial charge >= 0.3 is 18.2 Å². The van der Waals surface area contributed by atoms with Gasteiger partial charge in [0.15, 0.2) is 0 Å². The lowest BCUT2D eigenvalue weighted by molar-refractivity contribution is -0.201. The third-order valence-electron chi connectivity index (χ3n) is 3.17. The van der Waals surface area contributed by atoms with Crippen LogP contribution in [0.15, 0.2) is 30.3 Å². The molecule has 0 saturated carbocycles. The number of esters is 1. The Balaban J connectivity index is 0.000000254. The second-order valence-electron chi connectivity index (χ2n) is 5.09. The van der Waals surface area contributed by atoms with E-state index in [0.29, 0.717) is 5.69 Å². The topological polar surface area (TPSA) is 87.7 Å². The van der Waals surface area contributed by atoms with Gasteiger partial charge in [-0.1, -0.05) is 18.2 Å². The standard InChI is InChI=1S/C8H12F3NO2.C7H7NO2/c9-8(10,11)7(13)14-5-6-1-3-12-4-2-6;9-7(10)8-6-4-2-1-3-5-6/h6,12H,1-5H2;1-5,8H,(H,9,10). The molecule has 1 aliphatic rings. The van der Waals surface area contributed by atoms with Gasteiger partial charge in [-0.05, 0) is 44.0 Å². The number of benzene rings is 1. The van der Waals surface area contributed by atoms with Crippen molar-refractivity contribution in [1.29, 1.82) is 0 Å². The predicted molar refractivity (Wildman–Crippen MR) is 80.7 cm³/mol. The summed E-state index contributed by atoms with van der Waals surface area (Å²) in [5, 5.41) is 13.5. The van der Waals surface area contributed by atoms with E-state index < -0.39 is 18.2 Å². The van der Waals surface area contributed by atoms with Crippen molar-refractivity contribution in [2.45, 2.75) is 19.0 Å². The van der Waals surface area contributed by atoms with Gasteiger partial charge in [0.05, 0.1) is 6.61 Å². The number of amides is 1. The average Bonchev–Trinajstić information content (AvgIpc) is 2.53. The van der Waals surface area contributed by atoms with Crippen LogP contribution in [-0.2, 0) is 9.53 Å². The second-order valence-corrected chi connectivity index (χ2v) is 5.09. The molecule has 0 atom stereocenters. The minimum absolute atomic E-state index is 0.0579. The van der Waals surface area contributed by atoms with Crippen molar-refractivity contribution in [3.8, 4) is 0 Å². The highest BCUT2D eigenvalue weighted by molar-refractivity contribution is 5.82. The number of halogens is 3. The number of anilines is 1. The fourth-order valence-corrected chi connectivity index (χ4v) is 1.97. The summed E-state index contributed by atoms with van der Waals surface area (Å²) in [7, 11) is 0. The summed E-state index contributed by atoms with van der Waals surface area (Å²) < 4.78 is 39.3. The van der Waals surface area contributed by atoms with Crippen molar-refractivity contribution < 1.29 is 32.6 Å². The third kappa shape index (κ3) is 8.37. The van der Waals surface area contributed by atoms with Gasteiger partial charge in [-0.2, -0.15) is 13.2 Å². The van der Waals surface area contributed by atoms with Crippen LogP contribution in [0.5, 0.6) is 0 Å². The number of rotatable bonds is 3. The largest absolute Gasteiger partial charge is 0.490 e. The van der Waals surface area contributed by atoms with Crippen molar-refractivity contribution in [3.63, 3.8) is 0 Å². The summed E-state index contributed by atoms with van der Waals surface area (Å²) in [5.41, 5.74) is 0.593.